The molecule has 2 N–H and O–H groups in total. The molecular formula is C18H21N3O4. The van der Waals surface area contributed by atoms with Gasteiger partial charge in [-0.05, 0) is 29.3 Å². The molecule has 1 aromatic carbocycles. The van der Waals surface area contributed by atoms with Crippen molar-refractivity contribution in [1.82, 2.24) is 9.88 Å². The zero-order valence-electron chi connectivity index (χ0n) is 14.1. The Hall–Kier alpha value is -2.64. The zero-order valence-corrected chi connectivity index (χ0v) is 14.1. The minimum Gasteiger partial charge on any atom is -0.454 e. The molecule has 0 fully saturated rings. The van der Waals surface area contributed by atoms with Crippen molar-refractivity contribution < 1.29 is 19.0 Å². The number of hydrogen-bond donors (Lipinski definition) is 1. The van der Waals surface area contributed by atoms with Gasteiger partial charge in [0.05, 0.1) is 6.61 Å². The highest BCUT2D eigenvalue weighted by atomic mass is 16.7. The summed E-state index contributed by atoms with van der Waals surface area (Å²) < 4.78 is 15.7. The maximum absolute atomic E-state index is 12.7. The number of aromatic nitrogens is 1. The summed E-state index contributed by atoms with van der Waals surface area (Å²) in [5, 5.41) is 0. The van der Waals surface area contributed by atoms with Gasteiger partial charge in [-0.2, -0.15) is 0 Å². The number of nitrogens with zero attached hydrogens (tertiary/aromatic N) is 2. The largest absolute Gasteiger partial charge is 0.454 e. The number of carbonyl (C=O) groups is 1. The molecule has 7 nitrogen and oxygen atoms in total. The summed E-state index contributed by atoms with van der Waals surface area (Å²) in [6, 6.07) is 8.70. The van der Waals surface area contributed by atoms with Crippen LogP contribution in [-0.4, -0.2) is 42.3 Å². The minimum atomic E-state index is -0.712. The Morgan fingerprint density at radius 3 is 2.84 bits per heavy atom. The van der Waals surface area contributed by atoms with E-state index < -0.39 is 6.04 Å². The number of fused-ring (bicyclic) bond motifs is 1. The average molecular weight is 343 g/mol. The first kappa shape index (κ1) is 17.2. The van der Waals surface area contributed by atoms with E-state index in [9.17, 15) is 4.79 Å². The predicted molar refractivity (Wildman–Crippen MR) is 90.9 cm³/mol. The number of methoxy groups -OCH3 is 1. The quantitative estimate of drug-likeness (QED) is 0.816. The van der Waals surface area contributed by atoms with Crippen LogP contribution in [0.3, 0.4) is 0 Å². The smallest absolute Gasteiger partial charge is 0.242 e. The Kier molecular flexibility index (Phi) is 5.47. The first-order valence-corrected chi connectivity index (χ1v) is 7.98. The van der Waals surface area contributed by atoms with Crippen LogP contribution >= 0.6 is 0 Å². The van der Waals surface area contributed by atoms with Gasteiger partial charge < -0.3 is 24.8 Å². The lowest BCUT2D eigenvalue weighted by Crippen LogP contribution is -2.45. The maximum atomic E-state index is 12.7. The average Bonchev–Trinajstić information content (AvgIpc) is 3.09. The maximum Gasteiger partial charge on any atom is 0.242 e. The third-order valence-electron chi connectivity index (χ3n) is 3.88. The Balaban J connectivity index is 1.79. The number of pyridine rings is 1. The van der Waals surface area contributed by atoms with Gasteiger partial charge >= 0.3 is 0 Å². The number of nitrogens with two attached hydrogens (primary N) is 1. The molecule has 0 saturated heterocycles. The summed E-state index contributed by atoms with van der Waals surface area (Å²) in [6.07, 6.45) is 3.44. The van der Waals surface area contributed by atoms with Crippen LogP contribution in [0.1, 0.15) is 11.1 Å². The summed E-state index contributed by atoms with van der Waals surface area (Å²) in [7, 11) is 1.52. The number of carbonyl (C=O) groups excluding carboxylic acids is 1. The number of amides is 1. The van der Waals surface area contributed by atoms with E-state index >= 15 is 0 Å². The van der Waals surface area contributed by atoms with Crippen molar-refractivity contribution >= 4 is 5.91 Å². The van der Waals surface area contributed by atoms with Gasteiger partial charge in [-0.3, -0.25) is 9.78 Å². The Labute approximate surface area is 146 Å². The van der Waals surface area contributed by atoms with E-state index in [-0.39, 0.29) is 19.3 Å². The van der Waals surface area contributed by atoms with E-state index in [0.29, 0.717) is 24.6 Å². The van der Waals surface area contributed by atoms with Crippen LogP contribution in [0.15, 0.2) is 42.7 Å². The van der Waals surface area contributed by atoms with Crippen LogP contribution in [0.2, 0.25) is 0 Å². The lowest BCUT2D eigenvalue weighted by atomic mass is 10.1. The molecule has 0 unspecified atom stereocenters. The van der Waals surface area contributed by atoms with E-state index in [0.717, 1.165) is 11.1 Å². The topological polar surface area (TPSA) is 86.9 Å². The monoisotopic (exact) mass is 343 g/mol. The molecule has 1 atom stereocenters. The lowest BCUT2D eigenvalue weighted by molar-refractivity contribution is -0.135. The first-order chi connectivity index (χ1) is 12.2. The second-order valence-corrected chi connectivity index (χ2v) is 5.81. The Bertz CT molecular complexity index is 724. The highest BCUT2D eigenvalue weighted by Crippen LogP contribution is 2.32. The van der Waals surface area contributed by atoms with Crippen molar-refractivity contribution in [2.45, 2.75) is 19.1 Å². The third kappa shape index (κ3) is 4.26. The fourth-order valence-electron chi connectivity index (χ4n) is 2.67. The van der Waals surface area contributed by atoms with E-state index in [1.807, 2.05) is 30.3 Å². The van der Waals surface area contributed by atoms with Gasteiger partial charge in [0, 0.05) is 32.6 Å². The van der Waals surface area contributed by atoms with E-state index in [1.54, 1.807) is 17.3 Å². The van der Waals surface area contributed by atoms with E-state index in [2.05, 4.69) is 4.98 Å². The Morgan fingerprint density at radius 2 is 2.08 bits per heavy atom. The fraction of sp³-hybridized carbons (Fsp3) is 0.333. The number of rotatable bonds is 7. The molecule has 7 heteroatoms. The first-order valence-electron chi connectivity index (χ1n) is 7.98. The van der Waals surface area contributed by atoms with Crippen LogP contribution in [-0.2, 0) is 22.6 Å². The summed E-state index contributed by atoms with van der Waals surface area (Å²) in [5.74, 6) is 1.22. The third-order valence-corrected chi connectivity index (χ3v) is 3.88. The van der Waals surface area contributed by atoms with E-state index in [1.165, 1.54) is 7.11 Å². The van der Waals surface area contributed by atoms with Crippen molar-refractivity contribution in [3.05, 3.63) is 53.9 Å². The summed E-state index contributed by atoms with van der Waals surface area (Å²) in [4.78, 5) is 18.5. The van der Waals surface area contributed by atoms with Crippen molar-refractivity contribution in [2.24, 2.45) is 5.73 Å². The van der Waals surface area contributed by atoms with Crippen LogP contribution in [0.4, 0.5) is 0 Å². The minimum absolute atomic E-state index is 0.170. The molecule has 0 bridgehead atoms. The van der Waals surface area contributed by atoms with Gasteiger partial charge in [-0.1, -0.05) is 12.1 Å². The molecular weight excluding hydrogens is 322 g/mol. The van der Waals surface area contributed by atoms with Crippen LogP contribution in [0.25, 0.3) is 0 Å². The molecule has 0 radical (unpaired) electrons. The van der Waals surface area contributed by atoms with Crippen molar-refractivity contribution in [3.8, 4) is 11.5 Å². The fourth-order valence-corrected chi connectivity index (χ4v) is 2.67. The summed E-state index contributed by atoms with van der Waals surface area (Å²) in [5.41, 5.74) is 7.82. The predicted octanol–water partition coefficient (Wildman–Crippen LogP) is 1.31. The molecule has 2 heterocycles. The van der Waals surface area contributed by atoms with Gasteiger partial charge in [0.1, 0.15) is 6.04 Å². The standard InChI is InChI=1S/C18H21N3O4/c1-23-11-15(19)18(22)21(10-14-3-2-6-20-8-14)9-13-4-5-16-17(7-13)25-12-24-16/h2-8,15H,9-12,19H2,1H3/t15-/m0/s1. The van der Waals surface area contributed by atoms with Crippen LogP contribution < -0.4 is 15.2 Å². The molecule has 2 aromatic rings. The molecule has 3 rings (SSSR count). The van der Waals surface area contributed by atoms with Gasteiger partial charge in [0.25, 0.3) is 0 Å². The highest BCUT2D eigenvalue weighted by molar-refractivity contribution is 5.81. The highest BCUT2D eigenvalue weighted by Gasteiger charge is 2.22. The number of benzene rings is 1. The molecule has 1 aliphatic rings. The van der Waals surface area contributed by atoms with Gasteiger partial charge in [0.2, 0.25) is 12.7 Å². The molecule has 0 spiro atoms. The molecule has 132 valence electrons. The molecule has 1 amide bonds. The van der Waals surface area contributed by atoms with Gasteiger partial charge in [-0.15, -0.1) is 0 Å². The number of ether oxygens (including phenoxy) is 3. The normalized spacial score (nSPS) is 13.5. The van der Waals surface area contributed by atoms with Gasteiger partial charge in [-0.25, -0.2) is 0 Å². The molecule has 1 aliphatic heterocycles. The molecule has 1 aromatic heterocycles. The van der Waals surface area contributed by atoms with Crippen LogP contribution in [0.5, 0.6) is 11.5 Å². The van der Waals surface area contributed by atoms with Crippen LogP contribution in [0, 0.1) is 0 Å². The van der Waals surface area contributed by atoms with Crippen molar-refractivity contribution in [2.75, 3.05) is 20.5 Å². The Morgan fingerprint density at radius 1 is 1.28 bits per heavy atom. The molecule has 25 heavy (non-hydrogen) atoms. The number of hydrogen-bond acceptors (Lipinski definition) is 6. The second kappa shape index (κ2) is 7.96. The SMILES string of the molecule is COC[C@H](N)C(=O)N(Cc1cccnc1)Cc1ccc2c(c1)OCO2. The molecule has 0 saturated carbocycles. The molecule has 0 aliphatic carbocycles. The zero-order chi connectivity index (χ0) is 17.6. The van der Waals surface area contributed by atoms with Gasteiger partial charge in [0.15, 0.2) is 11.5 Å². The lowest BCUT2D eigenvalue weighted by Gasteiger charge is -2.26. The van der Waals surface area contributed by atoms with E-state index in [4.69, 9.17) is 19.9 Å². The van der Waals surface area contributed by atoms with Crippen molar-refractivity contribution in [1.29, 1.82) is 0 Å². The summed E-state index contributed by atoms with van der Waals surface area (Å²) >= 11 is 0. The second-order valence-electron chi connectivity index (χ2n) is 5.81. The van der Waals surface area contributed by atoms with Crippen molar-refractivity contribution in [3.63, 3.8) is 0 Å². The summed E-state index contributed by atoms with van der Waals surface area (Å²) in [6.45, 7) is 1.21.